The summed E-state index contributed by atoms with van der Waals surface area (Å²) in [6, 6.07) is 25.6. The Hall–Kier alpha value is -4.76. The van der Waals surface area contributed by atoms with E-state index in [-0.39, 0.29) is 17.1 Å². The molecule has 0 saturated carbocycles. The van der Waals surface area contributed by atoms with Crippen LogP contribution in [0.3, 0.4) is 0 Å². The summed E-state index contributed by atoms with van der Waals surface area (Å²) in [5.74, 6) is -1.35. The second-order valence-electron chi connectivity index (χ2n) is 7.99. The summed E-state index contributed by atoms with van der Waals surface area (Å²) in [6.45, 7) is 0. The number of nitro benzene ring substituents is 1. The Morgan fingerprint density at radius 3 is 2.24 bits per heavy atom. The Morgan fingerprint density at radius 2 is 1.54 bits per heavy atom. The van der Waals surface area contributed by atoms with Crippen molar-refractivity contribution >= 4 is 39.8 Å². The van der Waals surface area contributed by atoms with Gasteiger partial charge in [0.15, 0.2) is 0 Å². The van der Waals surface area contributed by atoms with Gasteiger partial charge in [0.05, 0.1) is 10.3 Å². The van der Waals surface area contributed by atoms with Gasteiger partial charge in [-0.3, -0.25) is 14.9 Å². The molecule has 0 atom stereocenters. The molecular formula is C28H17FN2O5S. The molecule has 0 saturated heterocycles. The van der Waals surface area contributed by atoms with Crippen LogP contribution in [-0.2, 0) is 0 Å². The predicted molar refractivity (Wildman–Crippen MR) is 139 cm³/mol. The van der Waals surface area contributed by atoms with Gasteiger partial charge in [0.2, 0.25) is 5.76 Å². The number of carbonyl (C=O) groups is 1. The molecule has 1 heterocycles. The first-order valence-corrected chi connectivity index (χ1v) is 11.9. The van der Waals surface area contributed by atoms with Crippen molar-refractivity contribution in [3.8, 4) is 11.1 Å². The maximum atomic E-state index is 13.4. The number of halogens is 1. The molecule has 1 amide bonds. The average Bonchev–Trinajstić information content (AvgIpc) is 2.90. The number of carbonyl (C=O) groups excluding carboxylic acids is 1. The molecule has 0 spiro atoms. The normalized spacial score (nSPS) is 10.8. The summed E-state index contributed by atoms with van der Waals surface area (Å²) in [5.41, 5.74) is 0.315. The van der Waals surface area contributed by atoms with Crippen LogP contribution in [0.2, 0.25) is 0 Å². The van der Waals surface area contributed by atoms with Crippen molar-refractivity contribution in [3.63, 3.8) is 0 Å². The van der Waals surface area contributed by atoms with E-state index in [1.165, 1.54) is 36.0 Å². The van der Waals surface area contributed by atoms with Gasteiger partial charge in [0, 0.05) is 38.6 Å². The number of non-ortho nitro benzene ring substituents is 1. The summed E-state index contributed by atoms with van der Waals surface area (Å²) >= 11 is 1.17. The van der Waals surface area contributed by atoms with Crippen molar-refractivity contribution in [2.45, 2.75) is 9.79 Å². The van der Waals surface area contributed by atoms with Gasteiger partial charge in [0.1, 0.15) is 5.82 Å². The number of anilines is 1. The molecule has 7 nitrogen and oxygen atoms in total. The number of nitrogens with one attached hydrogen (secondary N) is 1. The van der Waals surface area contributed by atoms with Crippen molar-refractivity contribution < 1.29 is 18.5 Å². The minimum absolute atomic E-state index is 0.138. The van der Waals surface area contributed by atoms with Crippen LogP contribution in [0.25, 0.3) is 21.9 Å². The molecule has 1 N–H and O–H groups in total. The maximum absolute atomic E-state index is 13.4. The van der Waals surface area contributed by atoms with E-state index in [0.29, 0.717) is 31.7 Å². The second-order valence-corrected chi connectivity index (χ2v) is 9.13. The first-order chi connectivity index (χ1) is 17.9. The highest BCUT2D eigenvalue weighted by Gasteiger charge is 2.22. The fraction of sp³-hybridized carbons (Fsp3) is 0. The molecule has 0 aliphatic rings. The molecule has 0 aliphatic heterocycles. The average molecular weight is 513 g/mol. The highest BCUT2D eigenvalue weighted by atomic mass is 32.2. The number of hydrogen-bond donors (Lipinski definition) is 1. The predicted octanol–water partition coefficient (Wildman–Crippen LogP) is 6.91. The van der Waals surface area contributed by atoms with Crippen LogP contribution in [0.4, 0.5) is 15.8 Å². The van der Waals surface area contributed by atoms with Crippen molar-refractivity contribution in [1.29, 1.82) is 0 Å². The van der Waals surface area contributed by atoms with Crippen LogP contribution < -0.4 is 10.9 Å². The topological polar surface area (TPSA) is 102 Å². The highest BCUT2D eigenvalue weighted by Crippen LogP contribution is 2.34. The molecule has 4 aromatic carbocycles. The Bertz CT molecular complexity index is 1700. The van der Waals surface area contributed by atoms with Crippen molar-refractivity contribution in [2.24, 2.45) is 0 Å². The third kappa shape index (κ3) is 5.12. The van der Waals surface area contributed by atoms with Crippen molar-refractivity contribution in [2.75, 3.05) is 5.32 Å². The lowest BCUT2D eigenvalue weighted by molar-refractivity contribution is -0.385. The first kappa shape index (κ1) is 24.0. The molecule has 0 unspecified atom stereocenters. The lowest BCUT2D eigenvalue weighted by atomic mass is 9.98. The number of hydrogen-bond acceptors (Lipinski definition) is 6. The van der Waals surface area contributed by atoms with Crippen molar-refractivity contribution in [1.82, 2.24) is 0 Å². The number of benzene rings is 4. The minimum Gasteiger partial charge on any atom is -0.416 e. The van der Waals surface area contributed by atoms with E-state index in [2.05, 4.69) is 5.32 Å². The molecule has 0 aliphatic carbocycles. The maximum Gasteiger partial charge on any atom is 0.344 e. The van der Waals surface area contributed by atoms with Crippen LogP contribution in [-0.4, -0.2) is 10.8 Å². The van der Waals surface area contributed by atoms with Crippen LogP contribution in [0.15, 0.2) is 116 Å². The number of amides is 1. The Labute approximate surface area is 213 Å². The van der Waals surface area contributed by atoms with Gasteiger partial charge in [-0.05, 0) is 42.0 Å². The van der Waals surface area contributed by atoms with Crippen LogP contribution in [0.1, 0.15) is 10.6 Å². The molecule has 182 valence electrons. The monoisotopic (exact) mass is 512 g/mol. The largest absolute Gasteiger partial charge is 0.416 e. The van der Waals surface area contributed by atoms with Gasteiger partial charge in [-0.2, -0.15) is 0 Å². The molecule has 1 aromatic heterocycles. The molecule has 0 bridgehead atoms. The summed E-state index contributed by atoms with van der Waals surface area (Å²) in [4.78, 5) is 38.2. The molecule has 5 aromatic rings. The number of nitro groups is 1. The smallest absolute Gasteiger partial charge is 0.344 e. The lowest BCUT2D eigenvalue weighted by Gasteiger charge is -2.12. The zero-order valence-electron chi connectivity index (χ0n) is 19.0. The van der Waals surface area contributed by atoms with E-state index in [1.807, 2.05) is 6.07 Å². The summed E-state index contributed by atoms with van der Waals surface area (Å²) in [6.07, 6.45) is 0. The number of fused-ring (bicyclic) bond motifs is 1. The standard InChI is InChI=1S/C28H17FN2O5S/c29-18-10-12-21(13-11-18)37-22-15-19(14-20(16-22)31(34)35)30-27(32)26-25(17-6-2-1-3-7-17)23-8-4-5-9-24(23)28(33)36-26/h1-16H,(H,30,32). The van der Waals surface area contributed by atoms with Crippen LogP contribution in [0, 0.1) is 15.9 Å². The van der Waals surface area contributed by atoms with Gasteiger partial charge < -0.3 is 9.73 Å². The molecular weight excluding hydrogens is 495 g/mol. The summed E-state index contributed by atoms with van der Waals surface area (Å²) < 4.78 is 18.8. The van der Waals surface area contributed by atoms with Gasteiger partial charge >= 0.3 is 5.63 Å². The second kappa shape index (κ2) is 10.1. The third-order valence-corrected chi connectivity index (χ3v) is 6.50. The molecule has 5 rings (SSSR count). The van der Waals surface area contributed by atoms with Gasteiger partial charge in [-0.15, -0.1) is 0 Å². The van der Waals surface area contributed by atoms with E-state index in [4.69, 9.17) is 4.42 Å². The fourth-order valence-electron chi connectivity index (χ4n) is 3.90. The van der Waals surface area contributed by atoms with Gasteiger partial charge in [-0.1, -0.05) is 60.3 Å². The minimum atomic E-state index is -0.736. The summed E-state index contributed by atoms with van der Waals surface area (Å²) in [5, 5.41) is 15.1. The van der Waals surface area contributed by atoms with Gasteiger partial charge in [0.25, 0.3) is 11.6 Å². The Morgan fingerprint density at radius 1 is 0.865 bits per heavy atom. The van der Waals surface area contributed by atoms with E-state index >= 15 is 0 Å². The van der Waals surface area contributed by atoms with Crippen LogP contribution in [0.5, 0.6) is 0 Å². The Kier molecular flexibility index (Phi) is 6.53. The van der Waals surface area contributed by atoms with Crippen molar-refractivity contribution in [3.05, 3.63) is 129 Å². The Balaban J connectivity index is 1.57. The van der Waals surface area contributed by atoms with Gasteiger partial charge in [-0.25, -0.2) is 9.18 Å². The first-order valence-electron chi connectivity index (χ1n) is 11.0. The highest BCUT2D eigenvalue weighted by molar-refractivity contribution is 7.99. The van der Waals surface area contributed by atoms with E-state index < -0.39 is 22.3 Å². The zero-order chi connectivity index (χ0) is 25.9. The third-order valence-electron chi connectivity index (χ3n) is 5.52. The van der Waals surface area contributed by atoms with E-state index in [0.717, 1.165) is 0 Å². The summed E-state index contributed by atoms with van der Waals surface area (Å²) in [7, 11) is 0. The van der Waals surface area contributed by atoms with E-state index in [1.54, 1.807) is 66.7 Å². The quantitative estimate of drug-likeness (QED) is 0.196. The van der Waals surface area contributed by atoms with E-state index in [9.17, 15) is 24.1 Å². The molecule has 37 heavy (non-hydrogen) atoms. The number of nitrogens with zero attached hydrogens (tertiary/aromatic N) is 1. The fourth-order valence-corrected chi connectivity index (χ4v) is 4.81. The molecule has 0 fully saturated rings. The van der Waals surface area contributed by atoms with Crippen LogP contribution >= 0.6 is 11.8 Å². The SMILES string of the molecule is O=C(Nc1cc(Sc2ccc(F)cc2)cc([N+](=O)[O-])c1)c1oc(=O)c2ccccc2c1-c1ccccc1. The lowest BCUT2D eigenvalue weighted by Crippen LogP contribution is -2.17. The molecule has 9 heteroatoms. The number of rotatable bonds is 6. The molecule has 0 radical (unpaired) electrons. The zero-order valence-corrected chi connectivity index (χ0v) is 19.8.